The van der Waals surface area contributed by atoms with Gasteiger partial charge in [0, 0.05) is 29.4 Å². The molecule has 0 spiro atoms. The van der Waals surface area contributed by atoms with Crippen molar-refractivity contribution in [2.45, 2.75) is 234 Å². The number of rotatable bonds is 25. The number of ether oxygens (including phenoxy) is 16. The normalized spacial score (nSPS) is 45.5. The van der Waals surface area contributed by atoms with Gasteiger partial charge < -0.3 is 188 Å². The zero-order chi connectivity index (χ0) is 74.0. The number of ketones is 2. The predicted molar refractivity (Wildman–Crippen MR) is 322 cm³/mol. The molecule has 0 amide bonds. The van der Waals surface area contributed by atoms with Crippen LogP contribution in [0, 0.1) is 5.92 Å². The average Bonchev–Trinajstić information content (AvgIpc) is 0.787. The fourth-order valence-corrected chi connectivity index (χ4v) is 14.7. The minimum absolute atomic E-state index is 0.0588. The maximum Gasteiger partial charge on any atom is 0.321 e. The van der Waals surface area contributed by atoms with Gasteiger partial charge in [0.25, 0.3) is 0 Å². The van der Waals surface area contributed by atoms with Crippen LogP contribution >= 0.6 is 23.5 Å². The first-order chi connectivity index (χ1) is 48.0. The number of Topliss-reactive ketones (excluding diaryl/α,β-unsaturated/α-hetero) is 2. The molecule has 42 nitrogen and oxygen atoms in total. The van der Waals surface area contributed by atoms with Crippen LogP contribution < -0.4 is 5.32 Å². The van der Waals surface area contributed by atoms with E-state index in [-0.39, 0.29) is 37.1 Å². The summed E-state index contributed by atoms with van der Waals surface area (Å²) in [4.78, 5) is 48.5. The van der Waals surface area contributed by atoms with E-state index in [1.807, 2.05) is 0 Å². The fraction of sp³-hybridized carbons (Fsp3) is 0.930. The Hall–Kier alpha value is -2.46. The summed E-state index contributed by atoms with van der Waals surface area (Å²) in [6.45, 7) is -5.20. The molecule has 0 aromatic heterocycles. The van der Waals surface area contributed by atoms with E-state index in [1.165, 1.54) is 14.0 Å². The molecule has 14 unspecified atom stereocenters. The zero-order valence-corrected chi connectivity index (χ0v) is 55.8. The van der Waals surface area contributed by atoms with Crippen LogP contribution in [0.25, 0.3) is 0 Å². The minimum Gasteiger partial charge on any atom is -0.481 e. The van der Waals surface area contributed by atoms with E-state index in [0.29, 0.717) is 0 Å². The van der Waals surface area contributed by atoms with E-state index >= 15 is 0 Å². The number of thioether (sulfide) groups is 2. The maximum atomic E-state index is 12.9. The lowest BCUT2D eigenvalue weighted by molar-refractivity contribution is -0.395. The SMILES string of the molecule is CN[C@H](CSCC1O[C@H]2O[C@@H]3C(CO)O[C@H](O[C@@H]4C(CO)O[C@H](O[C@@H]5C(CO)O[C@@H](O[C@@H]6C(CSC[C@@H](CC(=O)COCCOCC(C)=O)C(=O)O)O[C@H](O[C@@H]7C(CO)O[C@@H](O[C@@H]8C(CO)O[C@@H](O[C@H]1[C@H](O)C2O)C(O)[C@H]8O)C(O)[C@H]7O)C(O)[C@H]6O)C(O)[C@H]5O)C(O)[C@H]4O)C(O)[C@H]3O)C(=O)O. The highest BCUT2D eigenvalue weighted by Crippen LogP contribution is 2.40. The molecule has 21 aliphatic rings. The topological polar surface area (TPSA) is 653 Å². The van der Waals surface area contributed by atoms with Gasteiger partial charge >= 0.3 is 11.9 Å². The second-order valence-electron chi connectivity index (χ2n) is 25.1. The molecule has 22 N–H and O–H groups in total. The van der Waals surface area contributed by atoms with Crippen LogP contribution in [-0.4, -0.2) is 441 Å². The molecule has 37 atom stereocenters. The molecule has 0 saturated carbocycles. The third kappa shape index (κ3) is 20.1. The third-order valence-corrected chi connectivity index (χ3v) is 20.3. The molecule has 0 aliphatic carbocycles. The quantitative estimate of drug-likeness (QED) is 0.0377. The Bertz CT molecular complexity index is 2580. The molecule has 0 radical (unpaired) electrons. The Morgan fingerprint density at radius 3 is 0.842 bits per heavy atom. The lowest BCUT2D eigenvalue weighted by Gasteiger charge is -2.50. The number of carbonyl (C=O) groups is 4. The van der Waals surface area contributed by atoms with Gasteiger partial charge in [-0.15, -0.1) is 0 Å². The highest BCUT2D eigenvalue weighted by molar-refractivity contribution is 7.99. The molecule has 21 fully saturated rings. The maximum absolute atomic E-state index is 12.9. The summed E-state index contributed by atoms with van der Waals surface area (Å²) in [7, 11) is 1.35. The van der Waals surface area contributed by atoms with Crippen LogP contribution in [-0.2, 0) is 95.0 Å². The summed E-state index contributed by atoms with van der Waals surface area (Å²) in [5.41, 5.74) is 0. The highest BCUT2D eigenvalue weighted by atomic mass is 32.2. The van der Waals surface area contributed by atoms with Crippen LogP contribution in [0.4, 0.5) is 0 Å². The number of hydrogen-bond donors (Lipinski definition) is 22. The summed E-state index contributed by atoms with van der Waals surface area (Å²) in [6, 6.07) is -1.18. The van der Waals surface area contributed by atoms with Crippen molar-refractivity contribution in [3.8, 4) is 0 Å². The largest absolute Gasteiger partial charge is 0.481 e. The van der Waals surface area contributed by atoms with Crippen LogP contribution in [0.1, 0.15) is 13.3 Å². The van der Waals surface area contributed by atoms with Crippen molar-refractivity contribution in [2.24, 2.45) is 5.92 Å². The van der Waals surface area contributed by atoms with Gasteiger partial charge in [-0.1, -0.05) is 0 Å². The second-order valence-corrected chi connectivity index (χ2v) is 27.3. The monoisotopic (exact) mass is 1510 g/mol. The van der Waals surface area contributed by atoms with Gasteiger partial charge in [-0.25, -0.2) is 0 Å². The summed E-state index contributed by atoms with van der Waals surface area (Å²) in [5.74, 6) is -6.54. The average molecular weight is 1510 g/mol. The molecule has 21 saturated heterocycles. The zero-order valence-electron chi connectivity index (χ0n) is 54.1. The van der Waals surface area contributed by atoms with Crippen molar-refractivity contribution in [1.82, 2.24) is 5.32 Å². The lowest BCUT2D eigenvalue weighted by Crippen LogP contribution is -2.68. The molecular formula is C57H93NO41S2. The van der Waals surface area contributed by atoms with Gasteiger partial charge in [0.2, 0.25) is 0 Å². The Morgan fingerprint density at radius 2 is 0.604 bits per heavy atom. The Labute approximate surface area is 582 Å². The van der Waals surface area contributed by atoms with Crippen molar-refractivity contribution in [1.29, 1.82) is 0 Å². The molecule has 21 heterocycles. The molecule has 21 rings (SSSR count). The van der Waals surface area contributed by atoms with Crippen LogP contribution in [0.15, 0.2) is 0 Å². The van der Waals surface area contributed by atoms with Gasteiger partial charge in [-0.05, 0) is 14.0 Å². The van der Waals surface area contributed by atoms with E-state index in [2.05, 4.69) is 5.32 Å². The number of hydrogen-bond acceptors (Lipinski definition) is 42. The molecule has 0 aromatic rings. The molecule has 584 valence electrons. The van der Waals surface area contributed by atoms with E-state index in [0.717, 1.165) is 23.5 Å². The lowest BCUT2D eigenvalue weighted by atomic mass is 9.95. The van der Waals surface area contributed by atoms with Gasteiger partial charge in [0.05, 0.1) is 64.4 Å². The molecular weight excluding hydrogens is 1420 g/mol. The number of nitrogens with one attached hydrogen (secondary N) is 1. The van der Waals surface area contributed by atoms with Crippen molar-refractivity contribution < 1.29 is 202 Å². The first kappa shape index (κ1) is 84.2. The van der Waals surface area contributed by atoms with Crippen molar-refractivity contribution in [3.05, 3.63) is 0 Å². The van der Waals surface area contributed by atoms with Gasteiger partial charge in [0.15, 0.2) is 55.6 Å². The number of likely N-dealkylation sites (N-methyl/N-ethyl adjacent to an activating group) is 1. The molecule has 14 bridgehead atoms. The smallest absolute Gasteiger partial charge is 0.321 e. The van der Waals surface area contributed by atoms with E-state index < -0.39 is 302 Å². The second kappa shape index (κ2) is 38.6. The van der Waals surface area contributed by atoms with E-state index in [9.17, 15) is 126 Å². The van der Waals surface area contributed by atoms with Gasteiger partial charge in [-0.3, -0.25) is 19.2 Å². The molecule has 0 aromatic carbocycles. The highest BCUT2D eigenvalue weighted by Gasteiger charge is 2.60. The molecule has 101 heavy (non-hydrogen) atoms. The Kier molecular flexibility index (Phi) is 32.1. The molecule has 21 aliphatic heterocycles. The number of aliphatic hydroxyl groups is 19. The number of carboxylic acids is 2. The summed E-state index contributed by atoms with van der Waals surface area (Å²) >= 11 is 1.63. The number of aliphatic carboxylic acids is 2. The van der Waals surface area contributed by atoms with Crippen LogP contribution in [0.5, 0.6) is 0 Å². The van der Waals surface area contributed by atoms with Gasteiger partial charge in [0.1, 0.15) is 178 Å². The first-order valence-corrected chi connectivity index (χ1v) is 34.5. The Morgan fingerprint density at radius 1 is 0.356 bits per heavy atom. The van der Waals surface area contributed by atoms with Crippen LogP contribution in [0.2, 0.25) is 0 Å². The number of carboxylic acid groups (broad SMARTS) is 2. The summed E-state index contributed by atoms with van der Waals surface area (Å²) in [5, 5.41) is 239. The summed E-state index contributed by atoms with van der Waals surface area (Å²) in [6.07, 6.45) is -73.3. The van der Waals surface area contributed by atoms with Crippen molar-refractivity contribution in [2.75, 3.05) is 89.5 Å². The summed E-state index contributed by atoms with van der Waals surface area (Å²) < 4.78 is 92.8. The van der Waals surface area contributed by atoms with E-state index in [4.69, 9.17) is 75.8 Å². The minimum atomic E-state index is -2.32. The number of aliphatic hydroxyl groups excluding tert-OH is 19. The predicted octanol–water partition coefficient (Wildman–Crippen LogP) is -13.8. The Balaban J connectivity index is 1.09. The van der Waals surface area contributed by atoms with Gasteiger partial charge in [-0.2, -0.15) is 23.5 Å². The number of carbonyl (C=O) groups excluding carboxylic acids is 2. The van der Waals surface area contributed by atoms with E-state index in [1.54, 1.807) is 0 Å². The fourth-order valence-electron chi connectivity index (χ4n) is 12.4. The molecule has 44 heteroatoms. The third-order valence-electron chi connectivity index (χ3n) is 18.0. The van der Waals surface area contributed by atoms with Crippen molar-refractivity contribution in [3.63, 3.8) is 0 Å². The first-order valence-electron chi connectivity index (χ1n) is 32.2. The standard InChI is InChI=1S/C57H93NO41S2/c1-17(64)11-84-3-4-85-12-19(65)5-18(49(80)81)13-100-15-26-47-33(71)40(78)56(91-26)96-45-24(9-62)87-53(36(74)29(45)67)95-44-23(8-61)90-55(39(77)32(44)70)99-48-27(16-101-14-20(58-2)50(82)83)92-57(41(79)34(48)72)97-46-25(10-63)88-52(37(75)30(46)68)93-42-21(6-59)86-51(35(73)28(42)66)94-43-22(7-60)89-54(98-47)38(76)31(43)69/h18,20-48,51-63,66-79H,3-16H2,1-2H3,(H,80,81)(H,82,83)/t18-,20-,21?,22?,23?,24?,25?,26?,27?,28-,29-,30-,31-,32-,33-,34-,35?,36?,37?,38?,39?,40?,41?,42-,43-,44-,45-,46-,47-,48-,51-,52-,53+,54+,55+,56-,57+/m1/s1. The van der Waals surface area contributed by atoms with Crippen LogP contribution in [0.3, 0.4) is 0 Å². The van der Waals surface area contributed by atoms with Crippen molar-refractivity contribution >= 4 is 47.0 Å².